The molecule has 0 aliphatic carbocycles. The molecule has 4 rings (SSSR count). The van der Waals surface area contributed by atoms with Crippen molar-refractivity contribution in [2.24, 2.45) is 5.92 Å². The zero-order valence-electron chi connectivity index (χ0n) is 16.6. The first-order chi connectivity index (χ1) is 14.7. The average Bonchev–Trinajstić information content (AvgIpc) is 3.45. The molecule has 8 heteroatoms. The number of nitrogens with one attached hydrogen (secondary N) is 1. The minimum atomic E-state index is -0.131. The van der Waals surface area contributed by atoms with Gasteiger partial charge in [-0.3, -0.25) is 4.79 Å². The number of furan rings is 1. The van der Waals surface area contributed by atoms with E-state index < -0.39 is 0 Å². The van der Waals surface area contributed by atoms with Gasteiger partial charge in [0.2, 0.25) is 17.5 Å². The molecule has 1 saturated heterocycles. The molecule has 8 nitrogen and oxygen atoms in total. The molecule has 1 amide bonds. The van der Waals surface area contributed by atoms with E-state index in [1.807, 2.05) is 36.1 Å². The van der Waals surface area contributed by atoms with Gasteiger partial charge in [0.1, 0.15) is 11.8 Å². The molecule has 1 aliphatic rings. The zero-order chi connectivity index (χ0) is 20.9. The Balaban J connectivity index is 1.41. The van der Waals surface area contributed by atoms with Crippen LogP contribution in [0.2, 0.25) is 0 Å². The third-order valence-corrected chi connectivity index (χ3v) is 5.04. The molecule has 0 saturated carbocycles. The van der Waals surface area contributed by atoms with E-state index in [9.17, 15) is 10.1 Å². The number of nitrogens with zero attached hydrogens (tertiary/aromatic N) is 3. The summed E-state index contributed by atoms with van der Waals surface area (Å²) in [6, 6.07) is 13.0. The molecule has 2 aromatic heterocycles. The number of hydrogen-bond acceptors (Lipinski definition) is 7. The first-order valence-electron chi connectivity index (χ1n) is 9.92. The second-order valence-corrected chi connectivity index (χ2v) is 6.94. The van der Waals surface area contributed by atoms with Crippen LogP contribution in [-0.2, 0) is 4.79 Å². The number of carbonyl (C=O) groups is 1. The Bertz CT molecular complexity index is 1040. The molecule has 1 aromatic carbocycles. The fraction of sp³-hybridized carbons (Fsp3) is 0.318. The molecule has 0 radical (unpaired) electrons. The topological polar surface area (TPSA) is 105 Å². The number of aromatic nitrogens is 1. The molecule has 0 bridgehead atoms. The van der Waals surface area contributed by atoms with Crippen LogP contribution in [0.25, 0.3) is 11.7 Å². The Hall–Kier alpha value is -3.73. The van der Waals surface area contributed by atoms with Gasteiger partial charge in [-0.25, -0.2) is 0 Å². The fourth-order valence-electron chi connectivity index (χ4n) is 3.54. The SMILES string of the molecule is CCOc1ccccc1NC(=O)C1CCN(c2oc(-c3ccco3)nc2C#N)CC1. The molecule has 154 valence electrons. The van der Waals surface area contributed by atoms with E-state index in [0.29, 0.717) is 55.6 Å². The van der Waals surface area contributed by atoms with Crippen LogP contribution in [0.15, 0.2) is 51.5 Å². The fourth-order valence-corrected chi connectivity index (χ4v) is 3.54. The highest BCUT2D eigenvalue weighted by atomic mass is 16.5. The van der Waals surface area contributed by atoms with Gasteiger partial charge in [0.05, 0.1) is 18.6 Å². The number of amides is 1. The van der Waals surface area contributed by atoms with Crippen LogP contribution >= 0.6 is 0 Å². The molecule has 1 N–H and O–H groups in total. The third kappa shape index (κ3) is 4.01. The van der Waals surface area contributed by atoms with Gasteiger partial charge in [-0.15, -0.1) is 0 Å². The van der Waals surface area contributed by atoms with Crippen molar-refractivity contribution in [3.05, 3.63) is 48.4 Å². The summed E-state index contributed by atoms with van der Waals surface area (Å²) in [6.07, 6.45) is 2.81. The number of carbonyl (C=O) groups excluding carboxylic acids is 1. The van der Waals surface area contributed by atoms with Crippen molar-refractivity contribution in [3.8, 4) is 23.5 Å². The van der Waals surface area contributed by atoms with E-state index in [2.05, 4.69) is 16.4 Å². The Kier molecular flexibility index (Phi) is 5.70. The van der Waals surface area contributed by atoms with Crippen molar-refractivity contribution in [1.29, 1.82) is 5.26 Å². The van der Waals surface area contributed by atoms with Crippen LogP contribution in [0.3, 0.4) is 0 Å². The molecule has 0 unspecified atom stereocenters. The van der Waals surface area contributed by atoms with Crippen LogP contribution in [0.5, 0.6) is 5.75 Å². The number of nitriles is 1. The molecule has 3 aromatic rings. The van der Waals surface area contributed by atoms with E-state index in [-0.39, 0.29) is 23.4 Å². The van der Waals surface area contributed by atoms with E-state index in [0.717, 1.165) is 0 Å². The first kappa shape index (κ1) is 19.6. The summed E-state index contributed by atoms with van der Waals surface area (Å²) in [5.74, 6) is 1.67. The maximum Gasteiger partial charge on any atom is 0.266 e. The van der Waals surface area contributed by atoms with Gasteiger partial charge in [0, 0.05) is 19.0 Å². The molecular weight excluding hydrogens is 384 g/mol. The summed E-state index contributed by atoms with van der Waals surface area (Å²) >= 11 is 0. The number of ether oxygens (including phenoxy) is 1. The molecule has 0 atom stereocenters. The Morgan fingerprint density at radius 1 is 1.30 bits per heavy atom. The van der Waals surface area contributed by atoms with Crippen LogP contribution in [-0.4, -0.2) is 30.6 Å². The number of piperidine rings is 1. The van der Waals surface area contributed by atoms with Crippen molar-refractivity contribution in [1.82, 2.24) is 4.98 Å². The first-order valence-corrected chi connectivity index (χ1v) is 9.92. The second kappa shape index (κ2) is 8.74. The van der Waals surface area contributed by atoms with Crippen LogP contribution in [0.1, 0.15) is 25.5 Å². The zero-order valence-corrected chi connectivity index (χ0v) is 16.6. The monoisotopic (exact) mass is 406 g/mol. The number of oxazole rings is 1. The van der Waals surface area contributed by atoms with Gasteiger partial charge < -0.3 is 23.8 Å². The molecule has 1 fully saturated rings. The summed E-state index contributed by atoms with van der Waals surface area (Å²) in [4.78, 5) is 18.9. The van der Waals surface area contributed by atoms with Gasteiger partial charge in [0.15, 0.2) is 5.76 Å². The van der Waals surface area contributed by atoms with Crippen molar-refractivity contribution < 1.29 is 18.4 Å². The highest BCUT2D eigenvalue weighted by molar-refractivity contribution is 5.94. The molecule has 1 aliphatic heterocycles. The van der Waals surface area contributed by atoms with Gasteiger partial charge in [-0.1, -0.05) is 12.1 Å². The largest absolute Gasteiger partial charge is 0.492 e. The standard InChI is InChI=1S/C22H22N4O4/c1-2-28-18-7-4-3-6-16(18)24-20(27)15-9-11-26(12-10-15)22-17(14-23)25-21(30-22)19-8-5-13-29-19/h3-8,13,15H,2,9-12H2,1H3,(H,24,27). The lowest BCUT2D eigenvalue weighted by molar-refractivity contribution is -0.120. The Morgan fingerprint density at radius 2 is 2.10 bits per heavy atom. The molecule has 3 heterocycles. The smallest absolute Gasteiger partial charge is 0.266 e. The highest BCUT2D eigenvalue weighted by Crippen LogP contribution is 2.32. The van der Waals surface area contributed by atoms with Crippen molar-refractivity contribution in [3.63, 3.8) is 0 Å². The van der Waals surface area contributed by atoms with E-state index >= 15 is 0 Å². The van der Waals surface area contributed by atoms with Crippen LogP contribution in [0.4, 0.5) is 11.6 Å². The Labute approximate surface area is 174 Å². The predicted octanol–water partition coefficient (Wildman–Crippen LogP) is 4.06. The maximum atomic E-state index is 12.8. The highest BCUT2D eigenvalue weighted by Gasteiger charge is 2.29. The quantitative estimate of drug-likeness (QED) is 0.658. The summed E-state index contributed by atoms with van der Waals surface area (Å²) in [6.45, 7) is 3.62. The lowest BCUT2D eigenvalue weighted by atomic mass is 9.95. The van der Waals surface area contributed by atoms with Gasteiger partial charge in [-0.2, -0.15) is 10.2 Å². The number of hydrogen-bond donors (Lipinski definition) is 1. The summed E-state index contributed by atoms with van der Waals surface area (Å²) in [7, 11) is 0. The molecular formula is C22H22N4O4. The second-order valence-electron chi connectivity index (χ2n) is 6.94. The number of anilines is 2. The predicted molar refractivity (Wildman–Crippen MR) is 110 cm³/mol. The lowest BCUT2D eigenvalue weighted by Crippen LogP contribution is -2.38. The van der Waals surface area contributed by atoms with E-state index in [1.165, 1.54) is 6.26 Å². The lowest BCUT2D eigenvalue weighted by Gasteiger charge is -2.31. The van der Waals surface area contributed by atoms with Crippen molar-refractivity contribution in [2.45, 2.75) is 19.8 Å². The number of benzene rings is 1. The summed E-state index contributed by atoms with van der Waals surface area (Å²) in [5.41, 5.74) is 0.895. The minimum Gasteiger partial charge on any atom is -0.492 e. The third-order valence-electron chi connectivity index (χ3n) is 5.04. The summed E-state index contributed by atoms with van der Waals surface area (Å²) < 4.78 is 16.7. The normalized spacial score (nSPS) is 14.3. The van der Waals surface area contributed by atoms with Gasteiger partial charge in [-0.05, 0) is 44.0 Å². The number of para-hydroxylation sites is 2. The maximum absolute atomic E-state index is 12.8. The Morgan fingerprint density at radius 3 is 2.80 bits per heavy atom. The summed E-state index contributed by atoms with van der Waals surface area (Å²) in [5, 5.41) is 12.4. The number of rotatable bonds is 6. The van der Waals surface area contributed by atoms with Crippen molar-refractivity contribution in [2.75, 3.05) is 29.9 Å². The van der Waals surface area contributed by atoms with E-state index in [4.69, 9.17) is 13.6 Å². The minimum absolute atomic E-state index is 0.0313. The van der Waals surface area contributed by atoms with Gasteiger partial charge >= 0.3 is 0 Å². The average molecular weight is 406 g/mol. The molecule has 0 spiro atoms. The van der Waals surface area contributed by atoms with Crippen LogP contribution < -0.4 is 15.0 Å². The molecule has 30 heavy (non-hydrogen) atoms. The van der Waals surface area contributed by atoms with E-state index in [1.54, 1.807) is 12.1 Å². The van der Waals surface area contributed by atoms with Crippen LogP contribution in [0, 0.1) is 17.2 Å². The van der Waals surface area contributed by atoms with Gasteiger partial charge in [0.25, 0.3) is 5.89 Å². The van der Waals surface area contributed by atoms with Crippen molar-refractivity contribution >= 4 is 17.5 Å².